The summed E-state index contributed by atoms with van der Waals surface area (Å²) in [6.07, 6.45) is 0. The van der Waals surface area contributed by atoms with Crippen molar-refractivity contribution < 1.29 is 4.79 Å². The topological polar surface area (TPSA) is 62.5 Å². The number of para-hydroxylation sites is 1. The molecule has 28 heavy (non-hydrogen) atoms. The Morgan fingerprint density at radius 2 is 1.93 bits per heavy atom. The molecule has 1 amide bonds. The number of nitrogens with two attached hydrogens (primary N) is 1. The molecule has 5 nitrogen and oxygen atoms in total. The van der Waals surface area contributed by atoms with Gasteiger partial charge >= 0.3 is 0 Å². The number of likely N-dealkylation sites (N-methyl/N-ethyl adjacent to an activating group) is 1. The molecule has 1 saturated heterocycles. The quantitative estimate of drug-likeness (QED) is 0.722. The lowest BCUT2D eigenvalue weighted by molar-refractivity contribution is -0.135. The van der Waals surface area contributed by atoms with Crippen molar-refractivity contribution in [2.24, 2.45) is 5.73 Å². The maximum absolute atomic E-state index is 13.0. The van der Waals surface area contributed by atoms with E-state index in [2.05, 4.69) is 28.1 Å². The number of fused-ring (bicyclic) bond motifs is 1. The molecule has 1 aromatic heterocycles. The fourth-order valence-corrected chi connectivity index (χ4v) is 4.99. The molecular weight excluding hydrogens is 368 g/mol. The summed E-state index contributed by atoms with van der Waals surface area (Å²) in [6, 6.07) is 18.3. The van der Waals surface area contributed by atoms with E-state index in [1.807, 2.05) is 50.4 Å². The zero-order chi connectivity index (χ0) is 19.7. The van der Waals surface area contributed by atoms with Gasteiger partial charge in [0.15, 0.2) is 0 Å². The second kappa shape index (κ2) is 7.99. The Hall–Kier alpha value is -2.28. The van der Waals surface area contributed by atoms with E-state index in [0.29, 0.717) is 6.54 Å². The average Bonchev–Trinajstić information content (AvgIpc) is 3.30. The van der Waals surface area contributed by atoms with E-state index in [-0.39, 0.29) is 23.9 Å². The van der Waals surface area contributed by atoms with Gasteiger partial charge in [0, 0.05) is 32.1 Å². The van der Waals surface area contributed by atoms with Gasteiger partial charge < -0.3 is 10.6 Å². The van der Waals surface area contributed by atoms with Gasteiger partial charge in [-0.1, -0.05) is 42.5 Å². The van der Waals surface area contributed by atoms with E-state index in [0.717, 1.165) is 28.3 Å². The van der Waals surface area contributed by atoms with Crippen LogP contribution in [0.3, 0.4) is 0 Å². The van der Waals surface area contributed by atoms with Gasteiger partial charge in [-0.3, -0.25) is 9.69 Å². The first-order valence-electron chi connectivity index (χ1n) is 9.67. The smallest absolute Gasteiger partial charge is 0.239 e. The molecule has 3 aromatic rings. The third-order valence-electron chi connectivity index (χ3n) is 5.61. The second-order valence-corrected chi connectivity index (χ2v) is 8.70. The van der Waals surface area contributed by atoms with Crippen LogP contribution in [0.1, 0.15) is 23.4 Å². The van der Waals surface area contributed by atoms with Crippen LogP contribution in [0.15, 0.2) is 54.6 Å². The van der Waals surface area contributed by atoms with Gasteiger partial charge in [-0.05, 0) is 24.6 Å². The molecule has 1 aliphatic rings. The molecular formula is C22H26N4OS. The molecule has 2 aromatic carbocycles. The van der Waals surface area contributed by atoms with Crippen molar-refractivity contribution in [1.82, 2.24) is 14.8 Å². The number of thiazole rings is 1. The molecule has 1 fully saturated rings. The Kier molecular flexibility index (Phi) is 5.44. The number of likely N-dealkylation sites (tertiary alicyclic amines) is 1. The van der Waals surface area contributed by atoms with Crippen LogP contribution in [0.25, 0.3) is 10.2 Å². The monoisotopic (exact) mass is 394 g/mol. The molecule has 1 aliphatic heterocycles. The molecule has 0 aliphatic carbocycles. The second-order valence-electron chi connectivity index (χ2n) is 7.58. The molecule has 0 saturated carbocycles. The summed E-state index contributed by atoms with van der Waals surface area (Å²) in [5, 5.41) is 0.963. The highest BCUT2D eigenvalue weighted by Crippen LogP contribution is 2.28. The molecule has 2 N–H and O–H groups in total. The van der Waals surface area contributed by atoms with Crippen LogP contribution in [-0.2, 0) is 11.3 Å². The fraction of sp³-hybridized carbons (Fsp3) is 0.364. The average molecular weight is 395 g/mol. The third-order valence-corrected chi connectivity index (χ3v) is 6.63. The summed E-state index contributed by atoms with van der Waals surface area (Å²) in [6.45, 7) is 4.07. The lowest BCUT2D eigenvalue weighted by Gasteiger charge is -2.27. The largest absolute Gasteiger partial charge is 0.338 e. The Balaban J connectivity index is 1.41. The first-order chi connectivity index (χ1) is 13.5. The number of carbonyl (C=O) groups is 1. The van der Waals surface area contributed by atoms with Gasteiger partial charge in [0.1, 0.15) is 5.01 Å². The van der Waals surface area contributed by atoms with E-state index >= 15 is 0 Å². The highest BCUT2D eigenvalue weighted by atomic mass is 32.1. The van der Waals surface area contributed by atoms with Gasteiger partial charge in [-0.2, -0.15) is 0 Å². The van der Waals surface area contributed by atoms with Crippen molar-refractivity contribution in [3.63, 3.8) is 0 Å². The number of aromatic nitrogens is 1. The highest BCUT2D eigenvalue weighted by molar-refractivity contribution is 7.18. The third kappa shape index (κ3) is 3.81. The van der Waals surface area contributed by atoms with E-state index < -0.39 is 0 Å². The normalized spacial score (nSPS) is 21.1. The fourth-order valence-electron chi connectivity index (χ4n) is 3.97. The van der Waals surface area contributed by atoms with Crippen LogP contribution in [0, 0.1) is 0 Å². The van der Waals surface area contributed by atoms with E-state index in [9.17, 15) is 4.79 Å². The first kappa shape index (κ1) is 19.1. The van der Waals surface area contributed by atoms with Gasteiger partial charge in [-0.25, -0.2) is 4.98 Å². The molecule has 1 unspecified atom stereocenters. The number of amides is 1. The summed E-state index contributed by atoms with van der Waals surface area (Å²) < 4.78 is 1.16. The van der Waals surface area contributed by atoms with E-state index in [4.69, 9.17) is 5.73 Å². The van der Waals surface area contributed by atoms with Crippen LogP contribution in [-0.4, -0.2) is 52.9 Å². The Morgan fingerprint density at radius 1 is 1.21 bits per heavy atom. The first-order valence-corrected chi connectivity index (χ1v) is 10.5. The number of rotatable bonds is 5. The SMILES string of the molecule is CC(C(=O)N(C)Cc1nc2ccccc2s1)N1C[C@@H](N)[C@H](c2ccccc2)C1. The lowest BCUT2D eigenvalue weighted by atomic mass is 9.95. The van der Waals surface area contributed by atoms with Crippen LogP contribution in [0.2, 0.25) is 0 Å². The molecule has 0 radical (unpaired) electrons. The molecule has 3 atom stereocenters. The predicted octanol–water partition coefficient (Wildman–Crippen LogP) is 3.07. The zero-order valence-electron chi connectivity index (χ0n) is 16.3. The molecule has 0 spiro atoms. The number of hydrogen-bond acceptors (Lipinski definition) is 5. The number of benzene rings is 2. The minimum absolute atomic E-state index is 0.0483. The van der Waals surface area contributed by atoms with Gasteiger partial charge in [0.05, 0.1) is 22.8 Å². The van der Waals surface area contributed by atoms with Crippen molar-refractivity contribution >= 4 is 27.5 Å². The molecule has 4 rings (SSSR count). The summed E-state index contributed by atoms with van der Waals surface area (Å²) >= 11 is 1.65. The molecule has 2 heterocycles. The summed E-state index contributed by atoms with van der Waals surface area (Å²) in [5.41, 5.74) is 8.65. The summed E-state index contributed by atoms with van der Waals surface area (Å²) in [7, 11) is 1.86. The van der Waals surface area contributed by atoms with Crippen LogP contribution in [0.5, 0.6) is 0 Å². The van der Waals surface area contributed by atoms with Gasteiger partial charge in [0.2, 0.25) is 5.91 Å². The Bertz CT molecular complexity index is 924. The number of nitrogens with zero attached hydrogens (tertiary/aromatic N) is 3. The van der Waals surface area contributed by atoms with Crippen molar-refractivity contribution in [2.75, 3.05) is 20.1 Å². The van der Waals surface area contributed by atoms with Crippen molar-refractivity contribution in [3.05, 3.63) is 65.2 Å². The maximum Gasteiger partial charge on any atom is 0.239 e. The Morgan fingerprint density at radius 3 is 2.68 bits per heavy atom. The Labute approximate surface area is 169 Å². The van der Waals surface area contributed by atoms with Crippen LogP contribution >= 0.6 is 11.3 Å². The maximum atomic E-state index is 13.0. The summed E-state index contributed by atoms with van der Waals surface area (Å²) in [5.74, 6) is 0.381. The number of carbonyl (C=O) groups excluding carboxylic acids is 1. The predicted molar refractivity (Wildman–Crippen MR) is 114 cm³/mol. The standard InChI is InChI=1S/C22H26N4OS/c1-15(26-12-17(18(23)13-26)16-8-4-3-5-9-16)22(27)25(2)14-21-24-19-10-6-7-11-20(19)28-21/h3-11,15,17-18H,12-14,23H2,1-2H3/t15?,17-,18+/m0/s1. The highest BCUT2D eigenvalue weighted by Gasteiger charge is 2.36. The minimum atomic E-state index is -0.195. The van der Waals surface area contributed by atoms with Crippen LogP contribution < -0.4 is 5.73 Å². The van der Waals surface area contributed by atoms with Crippen LogP contribution in [0.4, 0.5) is 0 Å². The molecule has 146 valence electrons. The molecule has 6 heteroatoms. The summed E-state index contributed by atoms with van der Waals surface area (Å²) in [4.78, 5) is 21.7. The number of hydrogen-bond donors (Lipinski definition) is 1. The van der Waals surface area contributed by atoms with E-state index in [1.54, 1.807) is 16.2 Å². The van der Waals surface area contributed by atoms with Crippen molar-refractivity contribution in [3.8, 4) is 0 Å². The van der Waals surface area contributed by atoms with E-state index in [1.165, 1.54) is 5.56 Å². The zero-order valence-corrected chi connectivity index (χ0v) is 17.1. The van der Waals surface area contributed by atoms with Crippen molar-refractivity contribution in [2.45, 2.75) is 31.5 Å². The minimum Gasteiger partial charge on any atom is -0.338 e. The molecule has 0 bridgehead atoms. The van der Waals surface area contributed by atoms with Crippen molar-refractivity contribution in [1.29, 1.82) is 0 Å². The lowest BCUT2D eigenvalue weighted by Crippen LogP contribution is -2.45. The van der Waals surface area contributed by atoms with Gasteiger partial charge in [0.25, 0.3) is 0 Å². The van der Waals surface area contributed by atoms with Gasteiger partial charge in [-0.15, -0.1) is 11.3 Å².